The Morgan fingerprint density at radius 3 is 2.45 bits per heavy atom. The quantitative estimate of drug-likeness (QED) is 0.633. The fourth-order valence-corrected chi connectivity index (χ4v) is 2.17. The predicted molar refractivity (Wildman–Crippen MR) is 69.4 cm³/mol. The van der Waals surface area contributed by atoms with E-state index in [1.165, 1.54) is 0 Å². The first-order valence-corrected chi connectivity index (χ1v) is 6.38. The van der Waals surface area contributed by atoms with E-state index in [-0.39, 0.29) is 5.56 Å². The van der Waals surface area contributed by atoms with Crippen molar-refractivity contribution in [3.63, 3.8) is 0 Å². The molecule has 1 aliphatic rings. The number of carbonyl (C=O) groups is 3. The molecule has 1 aliphatic heterocycles. The van der Waals surface area contributed by atoms with Crippen molar-refractivity contribution < 1.29 is 32.3 Å². The van der Waals surface area contributed by atoms with Crippen LogP contribution in [0.4, 0.5) is 18.9 Å². The summed E-state index contributed by atoms with van der Waals surface area (Å²) in [7, 11) is 0. The number of ether oxygens (including phenoxy) is 1. The van der Waals surface area contributed by atoms with Gasteiger partial charge in [-0.15, -0.1) is 0 Å². The van der Waals surface area contributed by atoms with Crippen LogP contribution in [0.5, 0.6) is 0 Å². The number of benzene rings is 1. The molecule has 0 N–H and O–H groups in total. The van der Waals surface area contributed by atoms with Gasteiger partial charge >= 0.3 is 12.1 Å². The number of hydrogen-bond donors (Lipinski definition) is 0. The van der Waals surface area contributed by atoms with Crippen molar-refractivity contribution in [2.45, 2.75) is 26.1 Å². The summed E-state index contributed by atoms with van der Waals surface area (Å²) >= 11 is 0. The monoisotopic (exact) mass is 315 g/mol. The Labute approximate surface area is 123 Å². The Balaban J connectivity index is 2.46. The average Bonchev–Trinajstić information content (AvgIpc) is 2.62. The standard InChI is InChI=1S/C14H12F3NO4/c1-7(2)22-10(19)6-18-11-8(12(20)13(18)21)4-3-5-9(11)14(15,16)17/h3-5,7H,6H2,1-2H3. The number of hydrogen-bond acceptors (Lipinski definition) is 4. The van der Waals surface area contributed by atoms with Crippen LogP contribution in [0.2, 0.25) is 0 Å². The second kappa shape index (κ2) is 5.43. The van der Waals surface area contributed by atoms with Gasteiger partial charge in [0.1, 0.15) is 6.54 Å². The first-order chi connectivity index (χ1) is 10.1. The van der Waals surface area contributed by atoms with Gasteiger partial charge in [0.25, 0.3) is 11.7 Å². The minimum Gasteiger partial charge on any atom is -0.462 e. The third kappa shape index (κ3) is 2.81. The van der Waals surface area contributed by atoms with E-state index in [4.69, 9.17) is 4.74 Å². The lowest BCUT2D eigenvalue weighted by Gasteiger charge is -2.20. The molecular weight excluding hydrogens is 303 g/mol. The SMILES string of the molecule is CC(C)OC(=O)CN1C(=O)C(=O)c2cccc(C(F)(F)F)c21. The smallest absolute Gasteiger partial charge is 0.418 e. The Bertz CT molecular complexity index is 652. The van der Waals surface area contributed by atoms with Crippen molar-refractivity contribution in [2.24, 2.45) is 0 Å². The van der Waals surface area contributed by atoms with Crippen LogP contribution < -0.4 is 4.90 Å². The van der Waals surface area contributed by atoms with E-state index in [1.807, 2.05) is 0 Å². The summed E-state index contributed by atoms with van der Waals surface area (Å²) < 4.78 is 44.0. The van der Waals surface area contributed by atoms with Gasteiger partial charge in [-0.3, -0.25) is 19.3 Å². The molecular formula is C14H12F3NO4. The summed E-state index contributed by atoms with van der Waals surface area (Å²) in [5.41, 5.74) is -2.09. The number of anilines is 1. The van der Waals surface area contributed by atoms with Crippen LogP contribution in [0, 0.1) is 0 Å². The van der Waals surface area contributed by atoms with E-state index in [0.717, 1.165) is 18.2 Å². The topological polar surface area (TPSA) is 63.7 Å². The van der Waals surface area contributed by atoms with Crippen LogP contribution in [0.25, 0.3) is 0 Å². The lowest BCUT2D eigenvalue weighted by molar-refractivity contribution is -0.146. The first-order valence-electron chi connectivity index (χ1n) is 6.38. The van der Waals surface area contributed by atoms with Gasteiger partial charge in [-0.05, 0) is 26.0 Å². The van der Waals surface area contributed by atoms with E-state index in [1.54, 1.807) is 13.8 Å². The molecule has 0 aromatic heterocycles. The molecule has 0 spiro atoms. The van der Waals surface area contributed by atoms with Gasteiger partial charge in [-0.1, -0.05) is 6.07 Å². The fourth-order valence-electron chi connectivity index (χ4n) is 2.17. The molecule has 1 aromatic carbocycles. The Kier molecular flexibility index (Phi) is 3.95. The van der Waals surface area contributed by atoms with Crippen LogP contribution in [0.15, 0.2) is 18.2 Å². The molecule has 1 heterocycles. The summed E-state index contributed by atoms with van der Waals surface area (Å²) in [6.07, 6.45) is -5.24. The molecule has 0 saturated carbocycles. The molecule has 0 radical (unpaired) electrons. The minimum absolute atomic E-state index is 0.364. The highest BCUT2D eigenvalue weighted by Gasteiger charge is 2.44. The first kappa shape index (κ1) is 16.0. The maximum Gasteiger partial charge on any atom is 0.418 e. The average molecular weight is 315 g/mol. The van der Waals surface area contributed by atoms with Crippen molar-refractivity contribution in [2.75, 3.05) is 11.4 Å². The van der Waals surface area contributed by atoms with Crippen LogP contribution in [0.3, 0.4) is 0 Å². The van der Waals surface area contributed by atoms with Crippen molar-refractivity contribution in [3.05, 3.63) is 29.3 Å². The number of alkyl halides is 3. The summed E-state index contributed by atoms with van der Waals surface area (Å²) in [5, 5.41) is 0. The summed E-state index contributed by atoms with van der Waals surface area (Å²) in [6.45, 7) is 2.37. The highest BCUT2D eigenvalue weighted by Crippen LogP contribution is 2.41. The van der Waals surface area contributed by atoms with E-state index < -0.39 is 47.7 Å². The van der Waals surface area contributed by atoms with E-state index in [0.29, 0.717) is 4.90 Å². The number of amides is 1. The van der Waals surface area contributed by atoms with E-state index in [2.05, 4.69) is 0 Å². The van der Waals surface area contributed by atoms with Gasteiger partial charge in [0.2, 0.25) is 0 Å². The Morgan fingerprint density at radius 1 is 1.27 bits per heavy atom. The van der Waals surface area contributed by atoms with Gasteiger partial charge in [0.15, 0.2) is 0 Å². The van der Waals surface area contributed by atoms with Crippen LogP contribution >= 0.6 is 0 Å². The van der Waals surface area contributed by atoms with Crippen molar-refractivity contribution >= 4 is 23.3 Å². The highest BCUT2D eigenvalue weighted by atomic mass is 19.4. The molecule has 0 fully saturated rings. The third-order valence-electron chi connectivity index (χ3n) is 2.95. The zero-order chi connectivity index (χ0) is 16.7. The summed E-state index contributed by atoms with van der Waals surface area (Å²) in [6, 6.07) is 2.92. The zero-order valence-corrected chi connectivity index (χ0v) is 11.7. The van der Waals surface area contributed by atoms with Crippen LogP contribution in [0.1, 0.15) is 29.8 Å². The number of fused-ring (bicyclic) bond motifs is 1. The molecule has 118 valence electrons. The number of ketones is 1. The Morgan fingerprint density at radius 2 is 1.91 bits per heavy atom. The maximum absolute atomic E-state index is 13.1. The largest absolute Gasteiger partial charge is 0.462 e. The zero-order valence-electron chi connectivity index (χ0n) is 11.7. The van der Waals surface area contributed by atoms with Crippen molar-refractivity contribution in [3.8, 4) is 0 Å². The number of Topliss-reactive ketones (excluding diaryl/α,β-unsaturated/α-hetero) is 1. The van der Waals surface area contributed by atoms with Gasteiger partial charge in [0, 0.05) is 0 Å². The molecule has 0 aliphatic carbocycles. The normalized spacial score (nSPS) is 14.5. The van der Waals surface area contributed by atoms with Crippen molar-refractivity contribution in [1.82, 2.24) is 0 Å². The lowest BCUT2D eigenvalue weighted by atomic mass is 10.1. The molecule has 5 nitrogen and oxygen atoms in total. The molecule has 0 unspecified atom stereocenters. The number of carbonyl (C=O) groups excluding carboxylic acids is 3. The summed E-state index contributed by atoms with van der Waals surface area (Å²) in [4.78, 5) is 35.8. The Hall–Kier alpha value is -2.38. The fraction of sp³-hybridized carbons (Fsp3) is 0.357. The number of rotatable bonds is 3. The highest BCUT2D eigenvalue weighted by molar-refractivity contribution is 6.52. The number of para-hydroxylation sites is 1. The number of halogens is 3. The lowest BCUT2D eigenvalue weighted by Crippen LogP contribution is -2.37. The van der Waals surface area contributed by atoms with Gasteiger partial charge in [-0.2, -0.15) is 13.2 Å². The molecule has 22 heavy (non-hydrogen) atoms. The van der Waals surface area contributed by atoms with Gasteiger partial charge in [0.05, 0.1) is 22.9 Å². The van der Waals surface area contributed by atoms with E-state index >= 15 is 0 Å². The predicted octanol–water partition coefficient (Wildman–Crippen LogP) is 2.19. The van der Waals surface area contributed by atoms with Crippen molar-refractivity contribution in [1.29, 1.82) is 0 Å². The number of esters is 1. The number of nitrogens with zero attached hydrogens (tertiary/aromatic N) is 1. The maximum atomic E-state index is 13.1. The molecule has 1 amide bonds. The molecule has 0 atom stereocenters. The van der Waals surface area contributed by atoms with Gasteiger partial charge in [-0.25, -0.2) is 0 Å². The molecule has 0 bridgehead atoms. The van der Waals surface area contributed by atoms with Crippen LogP contribution in [-0.4, -0.2) is 30.3 Å². The third-order valence-corrected chi connectivity index (χ3v) is 2.95. The molecule has 1 aromatic rings. The van der Waals surface area contributed by atoms with E-state index in [9.17, 15) is 27.6 Å². The van der Waals surface area contributed by atoms with Gasteiger partial charge < -0.3 is 4.74 Å². The molecule has 8 heteroatoms. The second-order valence-electron chi connectivity index (χ2n) is 4.96. The molecule has 2 rings (SSSR count). The minimum atomic E-state index is -4.75. The second-order valence-corrected chi connectivity index (χ2v) is 4.96. The van der Waals surface area contributed by atoms with Crippen LogP contribution in [-0.2, 0) is 20.5 Å². The molecule has 0 saturated heterocycles. The summed E-state index contributed by atoms with van der Waals surface area (Å²) in [5.74, 6) is -3.13.